The highest BCUT2D eigenvalue weighted by molar-refractivity contribution is 5.65. The Balaban J connectivity index is 2.46. The summed E-state index contributed by atoms with van der Waals surface area (Å²) in [6.45, 7) is 0. The Morgan fingerprint density at radius 2 is 2.55 bits per heavy atom. The van der Waals surface area contributed by atoms with E-state index in [1.165, 1.54) is 11.1 Å². The molecule has 0 saturated carbocycles. The van der Waals surface area contributed by atoms with Gasteiger partial charge in [-0.3, -0.25) is 0 Å². The predicted molar refractivity (Wildman–Crippen MR) is 42.4 cm³/mol. The first-order valence-electron chi connectivity index (χ1n) is 3.86. The molecule has 0 amide bonds. The van der Waals surface area contributed by atoms with Crippen LogP contribution in [-0.2, 0) is 11.2 Å². The van der Waals surface area contributed by atoms with Crippen molar-refractivity contribution < 1.29 is 4.79 Å². The lowest BCUT2D eigenvalue weighted by atomic mass is 10.0. The van der Waals surface area contributed by atoms with Crippen LogP contribution >= 0.6 is 0 Å². The number of carbonyl (C=O) groups excluding carboxylic acids is 1. The van der Waals surface area contributed by atoms with Crippen LogP contribution in [0.15, 0.2) is 18.2 Å². The molecular formula is C10H9O. The van der Waals surface area contributed by atoms with Crippen molar-refractivity contribution in [2.45, 2.75) is 18.8 Å². The van der Waals surface area contributed by atoms with Gasteiger partial charge in [0.25, 0.3) is 0 Å². The number of benzene rings is 1. The van der Waals surface area contributed by atoms with Crippen molar-refractivity contribution in [3.63, 3.8) is 0 Å². The van der Waals surface area contributed by atoms with Crippen LogP contribution in [0.1, 0.15) is 23.5 Å². The molecule has 1 radical (unpaired) electrons. The fourth-order valence-electron chi connectivity index (χ4n) is 1.66. The predicted octanol–water partition coefficient (Wildman–Crippen LogP) is 1.72. The minimum absolute atomic E-state index is 0.152. The van der Waals surface area contributed by atoms with Crippen molar-refractivity contribution in [1.29, 1.82) is 0 Å². The molecule has 1 nitrogen and oxygen atoms in total. The van der Waals surface area contributed by atoms with Crippen LogP contribution in [0.25, 0.3) is 0 Å². The SMILES string of the molecule is O=CC1CCc2c[c]ccc21. The van der Waals surface area contributed by atoms with E-state index in [2.05, 4.69) is 6.07 Å². The molecule has 0 heterocycles. The van der Waals surface area contributed by atoms with Gasteiger partial charge in [-0.15, -0.1) is 0 Å². The van der Waals surface area contributed by atoms with Crippen LogP contribution in [0.5, 0.6) is 0 Å². The third-order valence-electron chi connectivity index (χ3n) is 2.28. The highest BCUT2D eigenvalue weighted by Crippen LogP contribution is 2.30. The molecule has 0 aliphatic heterocycles. The zero-order chi connectivity index (χ0) is 7.68. The van der Waals surface area contributed by atoms with Gasteiger partial charge in [-0.25, -0.2) is 0 Å². The molecular weight excluding hydrogens is 136 g/mol. The average molecular weight is 145 g/mol. The number of aldehydes is 1. The number of hydrogen-bond acceptors (Lipinski definition) is 1. The van der Waals surface area contributed by atoms with E-state index in [0.717, 1.165) is 19.1 Å². The molecule has 0 spiro atoms. The van der Waals surface area contributed by atoms with E-state index in [1.54, 1.807) is 0 Å². The lowest BCUT2D eigenvalue weighted by Crippen LogP contribution is -1.92. The average Bonchev–Trinajstić information content (AvgIpc) is 2.47. The van der Waals surface area contributed by atoms with Crippen LogP contribution in [0.2, 0.25) is 0 Å². The molecule has 0 N–H and O–H groups in total. The summed E-state index contributed by atoms with van der Waals surface area (Å²) < 4.78 is 0. The summed E-state index contributed by atoms with van der Waals surface area (Å²) in [7, 11) is 0. The van der Waals surface area contributed by atoms with Gasteiger partial charge >= 0.3 is 0 Å². The second kappa shape index (κ2) is 2.50. The molecule has 0 aromatic heterocycles. The van der Waals surface area contributed by atoms with Crippen molar-refractivity contribution in [3.8, 4) is 0 Å². The zero-order valence-electron chi connectivity index (χ0n) is 6.21. The molecule has 55 valence electrons. The van der Waals surface area contributed by atoms with Gasteiger partial charge in [0.1, 0.15) is 6.29 Å². The lowest BCUT2D eigenvalue weighted by Gasteiger charge is -2.00. The number of aryl methyl sites for hydroxylation is 1. The molecule has 1 aromatic carbocycles. The van der Waals surface area contributed by atoms with Gasteiger partial charge in [0, 0.05) is 5.92 Å². The summed E-state index contributed by atoms with van der Waals surface area (Å²) in [6.07, 6.45) is 3.07. The summed E-state index contributed by atoms with van der Waals surface area (Å²) >= 11 is 0. The normalized spacial score (nSPS) is 21.3. The maximum atomic E-state index is 10.6. The molecule has 1 aliphatic carbocycles. The molecule has 0 saturated heterocycles. The monoisotopic (exact) mass is 145 g/mol. The Kier molecular flexibility index (Phi) is 1.50. The van der Waals surface area contributed by atoms with E-state index < -0.39 is 0 Å². The van der Waals surface area contributed by atoms with Gasteiger partial charge in [-0.2, -0.15) is 0 Å². The molecule has 1 atom stereocenters. The summed E-state index contributed by atoms with van der Waals surface area (Å²) in [5, 5.41) is 0. The van der Waals surface area contributed by atoms with Gasteiger partial charge in [-0.05, 0) is 30.0 Å². The van der Waals surface area contributed by atoms with Crippen LogP contribution in [0, 0.1) is 6.07 Å². The van der Waals surface area contributed by atoms with E-state index in [-0.39, 0.29) is 5.92 Å². The zero-order valence-corrected chi connectivity index (χ0v) is 6.21. The fraction of sp³-hybridized carbons (Fsp3) is 0.300. The highest BCUT2D eigenvalue weighted by atomic mass is 16.1. The third kappa shape index (κ3) is 0.967. The van der Waals surface area contributed by atoms with Crippen LogP contribution in [-0.4, -0.2) is 6.29 Å². The summed E-state index contributed by atoms with van der Waals surface area (Å²) in [6, 6.07) is 8.88. The Labute approximate surface area is 66.0 Å². The van der Waals surface area contributed by atoms with Gasteiger partial charge in [0.2, 0.25) is 0 Å². The topological polar surface area (TPSA) is 17.1 Å². The van der Waals surface area contributed by atoms with Crippen molar-refractivity contribution in [3.05, 3.63) is 35.4 Å². The van der Waals surface area contributed by atoms with Gasteiger partial charge in [-0.1, -0.05) is 18.2 Å². The third-order valence-corrected chi connectivity index (χ3v) is 2.28. The molecule has 1 heteroatoms. The maximum Gasteiger partial charge on any atom is 0.127 e. The fourth-order valence-corrected chi connectivity index (χ4v) is 1.66. The molecule has 1 unspecified atom stereocenters. The van der Waals surface area contributed by atoms with Crippen LogP contribution in [0.4, 0.5) is 0 Å². The van der Waals surface area contributed by atoms with Crippen LogP contribution < -0.4 is 0 Å². The summed E-state index contributed by atoms with van der Waals surface area (Å²) in [5.41, 5.74) is 2.50. The standard InChI is InChI=1S/C10H9O/c11-7-9-6-5-8-3-1-2-4-10(8)9/h2-4,7,9H,5-6H2. The summed E-state index contributed by atoms with van der Waals surface area (Å²) in [4.78, 5) is 10.6. The Morgan fingerprint density at radius 1 is 1.64 bits per heavy atom. The maximum absolute atomic E-state index is 10.6. The first-order chi connectivity index (χ1) is 5.42. The number of rotatable bonds is 1. The molecule has 2 rings (SSSR count). The first-order valence-corrected chi connectivity index (χ1v) is 3.86. The first kappa shape index (κ1) is 6.59. The van der Waals surface area contributed by atoms with E-state index in [0.29, 0.717) is 0 Å². The van der Waals surface area contributed by atoms with Crippen molar-refractivity contribution in [1.82, 2.24) is 0 Å². The molecule has 11 heavy (non-hydrogen) atoms. The van der Waals surface area contributed by atoms with E-state index in [1.807, 2.05) is 18.2 Å². The second-order valence-electron chi connectivity index (χ2n) is 2.91. The lowest BCUT2D eigenvalue weighted by molar-refractivity contribution is -0.109. The van der Waals surface area contributed by atoms with Gasteiger partial charge < -0.3 is 4.79 Å². The smallest absolute Gasteiger partial charge is 0.127 e. The van der Waals surface area contributed by atoms with Crippen LogP contribution in [0.3, 0.4) is 0 Å². The number of carbonyl (C=O) groups is 1. The largest absolute Gasteiger partial charge is 0.303 e. The Morgan fingerprint density at radius 3 is 3.36 bits per heavy atom. The number of hydrogen-bond donors (Lipinski definition) is 0. The van der Waals surface area contributed by atoms with Gasteiger partial charge in [0.15, 0.2) is 0 Å². The quantitative estimate of drug-likeness (QED) is 0.550. The molecule has 1 aliphatic rings. The molecule has 0 fully saturated rings. The van der Waals surface area contributed by atoms with Crippen molar-refractivity contribution in [2.24, 2.45) is 0 Å². The summed E-state index contributed by atoms with van der Waals surface area (Å²) in [5.74, 6) is 0.152. The molecule has 0 bridgehead atoms. The van der Waals surface area contributed by atoms with E-state index >= 15 is 0 Å². The minimum Gasteiger partial charge on any atom is -0.303 e. The van der Waals surface area contributed by atoms with E-state index in [9.17, 15) is 4.79 Å². The highest BCUT2D eigenvalue weighted by Gasteiger charge is 2.20. The Bertz CT molecular complexity index is 278. The van der Waals surface area contributed by atoms with E-state index in [4.69, 9.17) is 0 Å². The van der Waals surface area contributed by atoms with Gasteiger partial charge in [0.05, 0.1) is 0 Å². The minimum atomic E-state index is 0.152. The second-order valence-corrected chi connectivity index (χ2v) is 2.91. The van der Waals surface area contributed by atoms with Crippen molar-refractivity contribution >= 4 is 6.29 Å². The van der Waals surface area contributed by atoms with Crippen molar-refractivity contribution in [2.75, 3.05) is 0 Å². The number of fused-ring (bicyclic) bond motifs is 1. The molecule has 1 aromatic rings. The Hall–Kier alpha value is -1.11.